The van der Waals surface area contributed by atoms with E-state index < -0.39 is 6.09 Å². The molecular formula is C19H22N2O3. The lowest BCUT2D eigenvalue weighted by Gasteiger charge is -2.18. The average molecular weight is 326 g/mol. The van der Waals surface area contributed by atoms with Gasteiger partial charge in [0.05, 0.1) is 6.61 Å². The molecule has 126 valence electrons. The molecule has 0 bridgehead atoms. The summed E-state index contributed by atoms with van der Waals surface area (Å²) in [6, 6.07) is 14.8. The molecule has 0 fully saturated rings. The van der Waals surface area contributed by atoms with Crippen molar-refractivity contribution in [2.75, 3.05) is 19.0 Å². The van der Waals surface area contributed by atoms with Crippen molar-refractivity contribution in [2.45, 2.75) is 20.4 Å². The molecule has 2 rings (SSSR count). The topological polar surface area (TPSA) is 58.6 Å². The van der Waals surface area contributed by atoms with E-state index in [4.69, 9.17) is 4.74 Å². The van der Waals surface area contributed by atoms with E-state index in [1.54, 1.807) is 43.1 Å². The molecular weight excluding hydrogens is 304 g/mol. The Bertz CT molecular complexity index is 711. The van der Waals surface area contributed by atoms with Crippen LogP contribution in [0.2, 0.25) is 0 Å². The number of ether oxygens (including phenoxy) is 1. The molecule has 0 saturated carbocycles. The van der Waals surface area contributed by atoms with Gasteiger partial charge in [-0.1, -0.05) is 24.3 Å². The Labute approximate surface area is 142 Å². The van der Waals surface area contributed by atoms with Crippen molar-refractivity contribution in [1.29, 1.82) is 0 Å². The van der Waals surface area contributed by atoms with Gasteiger partial charge in [0.25, 0.3) is 5.91 Å². The molecule has 0 heterocycles. The predicted molar refractivity (Wildman–Crippen MR) is 94.1 cm³/mol. The highest BCUT2D eigenvalue weighted by Gasteiger charge is 2.13. The van der Waals surface area contributed by atoms with Crippen LogP contribution in [-0.4, -0.2) is 30.6 Å². The van der Waals surface area contributed by atoms with E-state index in [1.165, 1.54) is 0 Å². The highest BCUT2D eigenvalue weighted by molar-refractivity contribution is 5.95. The first-order valence-electron chi connectivity index (χ1n) is 7.85. The monoisotopic (exact) mass is 326 g/mol. The number of anilines is 1. The molecule has 0 unspecified atom stereocenters. The van der Waals surface area contributed by atoms with Crippen molar-refractivity contribution in [3.05, 3.63) is 65.2 Å². The summed E-state index contributed by atoms with van der Waals surface area (Å²) in [6.07, 6.45) is -0.506. The van der Waals surface area contributed by atoms with E-state index in [1.807, 2.05) is 31.2 Å². The van der Waals surface area contributed by atoms with Crippen molar-refractivity contribution in [3.8, 4) is 0 Å². The van der Waals surface area contributed by atoms with Crippen LogP contribution >= 0.6 is 0 Å². The van der Waals surface area contributed by atoms with Gasteiger partial charge in [0, 0.05) is 24.8 Å². The first-order valence-corrected chi connectivity index (χ1v) is 7.85. The number of hydrogen-bond acceptors (Lipinski definition) is 3. The van der Waals surface area contributed by atoms with Crippen LogP contribution in [0.15, 0.2) is 48.5 Å². The van der Waals surface area contributed by atoms with Gasteiger partial charge in [-0.25, -0.2) is 4.79 Å². The Kier molecular flexibility index (Phi) is 5.95. The summed E-state index contributed by atoms with van der Waals surface area (Å²) >= 11 is 0. The predicted octanol–water partition coefficient (Wildman–Crippen LogP) is 3.84. The Morgan fingerprint density at radius 1 is 1.08 bits per heavy atom. The zero-order valence-corrected chi connectivity index (χ0v) is 14.2. The van der Waals surface area contributed by atoms with Crippen LogP contribution in [0.5, 0.6) is 0 Å². The molecule has 0 aliphatic carbocycles. The van der Waals surface area contributed by atoms with E-state index in [0.29, 0.717) is 24.4 Å². The van der Waals surface area contributed by atoms with Crippen LogP contribution in [0, 0.1) is 6.92 Å². The van der Waals surface area contributed by atoms with E-state index >= 15 is 0 Å². The molecule has 0 atom stereocenters. The maximum absolute atomic E-state index is 12.5. The van der Waals surface area contributed by atoms with Crippen molar-refractivity contribution >= 4 is 17.7 Å². The molecule has 24 heavy (non-hydrogen) atoms. The Balaban J connectivity index is 2.01. The van der Waals surface area contributed by atoms with Gasteiger partial charge in [-0.05, 0) is 49.2 Å². The number of benzene rings is 2. The number of aryl methyl sites for hydroxylation is 1. The summed E-state index contributed by atoms with van der Waals surface area (Å²) < 4.78 is 4.81. The second kappa shape index (κ2) is 8.15. The second-order valence-corrected chi connectivity index (χ2v) is 5.51. The van der Waals surface area contributed by atoms with Crippen LogP contribution in [-0.2, 0) is 11.3 Å². The molecule has 0 saturated heterocycles. The molecule has 0 aromatic heterocycles. The first kappa shape index (κ1) is 17.5. The molecule has 0 radical (unpaired) electrons. The Morgan fingerprint density at radius 3 is 2.38 bits per heavy atom. The standard InChI is InChI=1S/C19H22N2O3/c1-4-24-19(23)20-17-11-9-15(10-12-17)18(22)21(3)13-16-8-6-5-7-14(16)2/h5-12H,4,13H2,1-3H3,(H,20,23). The van der Waals surface area contributed by atoms with Crippen molar-refractivity contribution in [3.63, 3.8) is 0 Å². The van der Waals surface area contributed by atoms with E-state index in [9.17, 15) is 9.59 Å². The second-order valence-electron chi connectivity index (χ2n) is 5.51. The van der Waals surface area contributed by atoms with Gasteiger partial charge in [-0.15, -0.1) is 0 Å². The largest absolute Gasteiger partial charge is 0.450 e. The van der Waals surface area contributed by atoms with E-state index in [2.05, 4.69) is 5.32 Å². The highest BCUT2D eigenvalue weighted by Crippen LogP contribution is 2.14. The van der Waals surface area contributed by atoms with Gasteiger partial charge in [-0.3, -0.25) is 10.1 Å². The van der Waals surface area contributed by atoms with Crippen LogP contribution in [0.1, 0.15) is 28.4 Å². The Hall–Kier alpha value is -2.82. The van der Waals surface area contributed by atoms with Crippen LogP contribution in [0.3, 0.4) is 0 Å². The van der Waals surface area contributed by atoms with Gasteiger partial charge >= 0.3 is 6.09 Å². The minimum atomic E-state index is -0.506. The number of carbonyl (C=O) groups excluding carboxylic acids is 2. The molecule has 0 aliphatic rings. The fourth-order valence-electron chi connectivity index (χ4n) is 2.32. The normalized spacial score (nSPS) is 10.1. The molecule has 2 amide bonds. The molecule has 1 N–H and O–H groups in total. The summed E-state index contributed by atoms with van der Waals surface area (Å²) in [5, 5.41) is 2.60. The van der Waals surface area contributed by atoms with Gasteiger partial charge < -0.3 is 9.64 Å². The zero-order chi connectivity index (χ0) is 17.5. The summed E-state index contributed by atoms with van der Waals surface area (Å²) in [5.41, 5.74) is 3.44. The fraction of sp³-hybridized carbons (Fsp3) is 0.263. The maximum atomic E-state index is 12.5. The maximum Gasteiger partial charge on any atom is 0.411 e. The Morgan fingerprint density at radius 2 is 1.75 bits per heavy atom. The third-order valence-corrected chi connectivity index (χ3v) is 3.67. The van der Waals surface area contributed by atoms with Gasteiger partial charge in [0.15, 0.2) is 0 Å². The van der Waals surface area contributed by atoms with Gasteiger partial charge in [0.1, 0.15) is 0 Å². The minimum absolute atomic E-state index is 0.0686. The van der Waals surface area contributed by atoms with Crippen molar-refractivity contribution < 1.29 is 14.3 Å². The van der Waals surface area contributed by atoms with Crippen LogP contribution < -0.4 is 5.32 Å². The van der Waals surface area contributed by atoms with E-state index in [-0.39, 0.29) is 5.91 Å². The van der Waals surface area contributed by atoms with E-state index in [0.717, 1.165) is 11.1 Å². The number of nitrogens with zero attached hydrogens (tertiary/aromatic N) is 1. The molecule has 2 aromatic rings. The quantitative estimate of drug-likeness (QED) is 0.908. The summed E-state index contributed by atoms with van der Waals surface area (Å²) in [4.78, 5) is 25.6. The molecule has 2 aromatic carbocycles. The number of rotatable bonds is 5. The van der Waals surface area contributed by atoms with Gasteiger partial charge in [-0.2, -0.15) is 0 Å². The zero-order valence-electron chi connectivity index (χ0n) is 14.2. The lowest BCUT2D eigenvalue weighted by Crippen LogP contribution is -2.26. The summed E-state index contributed by atoms with van der Waals surface area (Å²) in [5.74, 6) is -0.0686. The SMILES string of the molecule is CCOC(=O)Nc1ccc(C(=O)N(C)Cc2ccccc2C)cc1. The fourth-order valence-corrected chi connectivity index (χ4v) is 2.32. The lowest BCUT2D eigenvalue weighted by atomic mass is 10.1. The summed E-state index contributed by atoms with van der Waals surface area (Å²) in [6.45, 7) is 4.63. The smallest absolute Gasteiger partial charge is 0.411 e. The average Bonchev–Trinajstić information content (AvgIpc) is 2.57. The first-order chi connectivity index (χ1) is 11.5. The third-order valence-electron chi connectivity index (χ3n) is 3.67. The molecule has 5 heteroatoms. The van der Waals surface area contributed by atoms with Gasteiger partial charge in [0.2, 0.25) is 0 Å². The number of hydrogen-bond donors (Lipinski definition) is 1. The minimum Gasteiger partial charge on any atom is -0.450 e. The molecule has 0 aliphatic heterocycles. The number of carbonyl (C=O) groups is 2. The lowest BCUT2D eigenvalue weighted by molar-refractivity contribution is 0.0785. The van der Waals surface area contributed by atoms with Crippen LogP contribution in [0.4, 0.5) is 10.5 Å². The number of nitrogens with one attached hydrogen (secondary N) is 1. The molecule has 5 nitrogen and oxygen atoms in total. The molecule has 0 spiro atoms. The third kappa shape index (κ3) is 4.59. The summed E-state index contributed by atoms with van der Waals surface area (Å²) in [7, 11) is 1.78. The van der Waals surface area contributed by atoms with Crippen molar-refractivity contribution in [1.82, 2.24) is 4.90 Å². The highest BCUT2D eigenvalue weighted by atomic mass is 16.5. The number of amides is 2. The van der Waals surface area contributed by atoms with Crippen LogP contribution in [0.25, 0.3) is 0 Å². The van der Waals surface area contributed by atoms with Crippen molar-refractivity contribution in [2.24, 2.45) is 0 Å².